The Bertz CT molecular complexity index is 677. The van der Waals surface area contributed by atoms with Crippen LogP contribution < -0.4 is 5.32 Å². The Morgan fingerprint density at radius 1 is 1.30 bits per heavy atom. The molecule has 3 rings (SSSR count). The number of hydrogen-bond donors (Lipinski definition) is 1. The quantitative estimate of drug-likeness (QED) is 0.870. The minimum absolute atomic E-state index is 0.0700. The van der Waals surface area contributed by atoms with Gasteiger partial charge in [-0.15, -0.1) is 11.3 Å². The lowest BCUT2D eigenvalue weighted by molar-refractivity contribution is -0.121. The van der Waals surface area contributed by atoms with E-state index in [-0.39, 0.29) is 5.91 Å². The summed E-state index contributed by atoms with van der Waals surface area (Å²) in [6.07, 6.45) is 4.94. The van der Waals surface area contributed by atoms with Gasteiger partial charge in [-0.1, -0.05) is 36.7 Å². The second kappa shape index (κ2) is 7.45. The molecule has 0 unspecified atom stereocenters. The average molecular weight is 349 g/mol. The molecule has 1 aliphatic carbocycles. The predicted molar refractivity (Wildman–Crippen MR) is 95.8 cm³/mol. The molecule has 1 fully saturated rings. The molecule has 1 N–H and O–H groups in total. The maximum atomic E-state index is 12.2. The highest BCUT2D eigenvalue weighted by atomic mass is 35.5. The van der Waals surface area contributed by atoms with Crippen molar-refractivity contribution >= 4 is 28.8 Å². The highest BCUT2D eigenvalue weighted by Crippen LogP contribution is 2.30. The van der Waals surface area contributed by atoms with Crippen molar-refractivity contribution in [2.75, 3.05) is 0 Å². The van der Waals surface area contributed by atoms with Crippen molar-refractivity contribution in [1.82, 2.24) is 10.3 Å². The van der Waals surface area contributed by atoms with Gasteiger partial charge >= 0.3 is 0 Å². The van der Waals surface area contributed by atoms with Crippen LogP contribution in [0.15, 0.2) is 29.6 Å². The Labute approximate surface area is 146 Å². The first kappa shape index (κ1) is 16.5. The Morgan fingerprint density at radius 3 is 2.78 bits per heavy atom. The summed E-state index contributed by atoms with van der Waals surface area (Å²) in [5, 5.41) is 6.65. The first-order chi connectivity index (χ1) is 11.1. The van der Waals surface area contributed by atoms with Gasteiger partial charge in [-0.05, 0) is 37.7 Å². The average Bonchev–Trinajstić information content (AvgIpc) is 2.98. The van der Waals surface area contributed by atoms with E-state index in [0.29, 0.717) is 17.5 Å². The van der Waals surface area contributed by atoms with Crippen molar-refractivity contribution in [1.29, 1.82) is 0 Å². The van der Waals surface area contributed by atoms with Gasteiger partial charge in [0.15, 0.2) is 0 Å². The summed E-state index contributed by atoms with van der Waals surface area (Å²) >= 11 is 7.73. The van der Waals surface area contributed by atoms with Crippen LogP contribution in [0.2, 0.25) is 5.02 Å². The molecule has 0 radical (unpaired) electrons. The van der Waals surface area contributed by atoms with Crippen molar-refractivity contribution < 1.29 is 4.79 Å². The van der Waals surface area contributed by atoms with E-state index in [9.17, 15) is 4.79 Å². The lowest BCUT2D eigenvalue weighted by atomic mass is 9.87. The third-order valence-corrected chi connectivity index (χ3v) is 5.63. The van der Waals surface area contributed by atoms with Crippen LogP contribution in [-0.2, 0) is 11.2 Å². The van der Waals surface area contributed by atoms with Gasteiger partial charge in [-0.25, -0.2) is 4.98 Å². The number of amides is 1. The highest BCUT2D eigenvalue weighted by Gasteiger charge is 2.20. The number of nitrogens with one attached hydrogen (secondary N) is 1. The molecule has 1 saturated carbocycles. The Hall–Kier alpha value is -1.39. The van der Waals surface area contributed by atoms with E-state index in [1.807, 2.05) is 29.6 Å². The summed E-state index contributed by atoms with van der Waals surface area (Å²) in [6, 6.07) is 7.99. The molecule has 1 amide bonds. The molecule has 23 heavy (non-hydrogen) atoms. The van der Waals surface area contributed by atoms with Crippen LogP contribution >= 0.6 is 22.9 Å². The molecule has 0 aliphatic heterocycles. The number of thiazole rings is 1. The van der Waals surface area contributed by atoms with E-state index >= 15 is 0 Å². The largest absolute Gasteiger partial charge is 0.353 e. The van der Waals surface area contributed by atoms with E-state index in [4.69, 9.17) is 11.6 Å². The van der Waals surface area contributed by atoms with Gasteiger partial charge in [-0.2, -0.15) is 0 Å². The normalized spacial score (nSPS) is 21.1. The molecular weight excluding hydrogens is 328 g/mol. The molecule has 1 aromatic carbocycles. The van der Waals surface area contributed by atoms with E-state index in [2.05, 4.69) is 17.2 Å². The van der Waals surface area contributed by atoms with Crippen LogP contribution in [0.3, 0.4) is 0 Å². The summed E-state index contributed by atoms with van der Waals surface area (Å²) in [5.41, 5.74) is 1.73. The van der Waals surface area contributed by atoms with Gasteiger partial charge in [-0.3, -0.25) is 4.79 Å². The van der Waals surface area contributed by atoms with Crippen molar-refractivity contribution in [3.05, 3.63) is 40.4 Å². The zero-order chi connectivity index (χ0) is 16.2. The fourth-order valence-electron chi connectivity index (χ4n) is 2.99. The Balaban J connectivity index is 1.58. The number of halogens is 1. The number of aromatic nitrogens is 1. The number of hydrogen-bond acceptors (Lipinski definition) is 3. The van der Waals surface area contributed by atoms with Crippen LogP contribution in [-0.4, -0.2) is 16.9 Å². The van der Waals surface area contributed by atoms with E-state index < -0.39 is 0 Å². The summed E-state index contributed by atoms with van der Waals surface area (Å²) in [4.78, 5) is 16.8. The lowest BCUT2D eigenvalue weighted by Crippen LogP contribution is -2.38. The molecule has 3 nitrogen and oxygen atoms in total. The molecule has 1 aliphatic rings. The topological polar surface area (TPSA) is 42.0 Å². The molecule has 0 saturated heterocycles. The van der Waals surface area contributed by atoms with E-state index in [1.165, 1.54) is 24.2 Å². The molecule has 1 heterocycles. The van der Waals surface area contributed by atoms with E-state index in [0.717, 1.165) is 35.0 Å². The predicted octanol–water partition coefficient (Wildman–Crippen LogP) is 4.70. The fourth-order valence-corrected chi connectivity index (χ4v) is 4.13. The van der Waals surface area contributed by atoms with Gasteiger partial charge < -0.3 is 5.32 Å². The Morgan fingerprint density at radius 2 is 2.04 bits per heavy atom. The van der Waals surface area contributed by atoms with Crippen LogP contribution in [0.5, 0.6) is 0 Å². The van der Waals surface area contributed by atoms with Gasteiger partial charge in [0.25, 0.3) is 0 Å². The number of rotatable bonds is 4. The van der Waals surface area contributed by atoms with Crippen molar-refractivity contribution in [3.8, 4) is 10.6 Å². The maximum absolute atomic E-state index is 12.2. The summed E-state index contributed by atoms with van der Waals surface area (Å²) in [5.74, 6) is 0.862. The minimum Gasteiger partial charge on any atom is -0.353 e. The smallest absolute Gasteiger partial charge is 0.226 e. The van der Waals surface area contributed by atoms with Crippen LogP contribution in [0, 0.1) is 5.92 Å². The molecule has 0 spiro atoms. The number of carbonyl (C=O) groups excluding carboxylic acids is 1. The molecule has 122 valence electrons. The van der Waals surface area contributed by atoms with Gasteiger partial charge in [0.05, 0.1) is 17.1 Å². The third-order valence-electron chi connectivity index (χ3n) is 4.38. The van der Waals surface area contributed by atoms with Crippen molar-refractivity contribution in [2.45, 2.75) is 45.1 Å². The number of benzene rings is 1. The molecule has 2 aromatic rings. The SMILES string of the molecule is CC1CCC(NC(=O)Cc2csc(-c3ccccc3Cl)n2)CC1. The highest BCUT2D eigenvalue weighted by molar-refractivity contribution is 7.13. The maximum Gasteiger partial charge on any atom is 0.226 e. The molecule has 0 atom stereocenters. The van der Waals surface area contributed by atoms with Gasteiger partial charge in [0, 0.05) is 17.0 Å². The molecule has 5 heteroatoms. The first-order valence-electron chi connectivity index (χ1n) is 8.10. The van der Waals surface area contributed by atoms with Gasteiger partial charge in [0.1, 0.15) is 5.01 Å². The Kier molecular flexibility index (Phi) is 5.34. The molecule has 1 aromatic heterocycles. The monoisotopic (exact) mass is 348 g/mol. The molecule has 0 bridgehead atoms. The van der Waals surface area contributed by atoms with Crippen LogP contribution in [0.1, 0.15) is 38.3 Å². The summed E-state index contributed by atoms with van der Waals surface area (Å²) < 4.78 is 0. The van der Waals surface area contributed by atoms with Gasteiger partial charge in [0.2, 0.25) is 5.91 Å². The summed E-state index contributed by atoms with van der Waals surface area (Å²) in [7, 11) is 0. The standard InChI is InChI=1S/C18H21ClN2OS/c1-12-6-8-13(9-7-12)20-17(22)10-14-11-23-18(21-14)15-4-2-3-5-16(15)19/h2-5,11-13H,6-10H2,1H3,(H,20,22). The number of nitrogens with zero attached hydrogens (tertiary/aromatic N) is 1. The van der Waals surface area contributed by atoms with Crippen molar-refractivity contribution in [2.24, 2.45) is 5.92 Å². The lowest BCUT2D eigenvalue weighted by Gasteiger charge is -2.26. The summed E-state index contributed by atoms with van der Waals surface area (Å²) in [6.45, 7) is 2.28. The van der Waals surface area contributed by atoms with E-state index in [1.54, 1.807) is 0 Å². The minimum atomic E-state index is 0.0700. The third kappa shape index (κ3) is 4.33. The molecular formula is C18H21ClN2OS. The van der Waals surface area contributed by atoms with Crippen LogP contribution in [0.4, 0.5) is 0 Å². The second-order valence-electron chi connectivity index (χ2n) is 6.32. The first-order valence-corrected chi connectivity index (χ1v) is 9.36. The second-order valence-corrected chi connectivity index (χ2v) is 7.59. The fraction of sp³-hybridized carbons (Fsp3) is 0.444. The zero-order valence-electron chi connectivity index (χ0n) is 13.2. The number of carbonyl (C=O) groups is 1. The zero-order valence-corrected chi connectivity index (χ0v) is 14.8. The van der Waals surface area contributed by atoms with Crippen molar-refractivity contribution in [3.63, 3.8) is 0 Å². The van der Waals surface area contributed by atoms with Crippen LogP contribution in [0.25, 0.3) is 10.6 Å².